The Bertz CT molecular complexity index is 1780. The fraction of sp³-hybridized carbons (Fsp3) is 0. The summed E-state index contributed by atoms with van der Waals surface area (Å²) in [4.78, 5) is 15.5. The molecule has 0 atom stereocenters. The van der Waals surface area contributed by atoms with E-state index in [-0.39, 0.29) is 0 Å². The largest absolute Gasteiger partial charge is 0.267 e. The number of fused-ring (bicyclic) bond motifs is 7. The third-order valence-electron chi connectivity index (χ3n) is 5.92. The van der Waals surface area contributed by atoms with E-state index in [0.717, 1.165) is 54.8 Å². The number of hydrogen-bond donors (Lipinski definition) is 0. The minimum atomic E-state index is 0.901. The Morgan fingerprint density at radius 2 is 1.50 bits per heavy atom. The molecule has 150 valence electrons. The van der Waals surface area contributed by atoms with Crippen LogP contribution in [0.5, 0.6) is 0 Å². The molecule has 0 spiro atoms. The van der Waals surface area contributed by atoms with Crippen LogP contribution < -0.4 is 0 Å². The van der Waals surface area contributed by atoms with Crippen molar-refractivity contribution in [1.82, 2.24) is 19.4 Å². The Morgan fingerprint density at radius 3 is 2.41 bits per heavy atom. The van der Waals surface area contributed by atoms with E-state index >= 15 is 0 Å². The molecule has 4 aromatic heterocycles. The van der Waals surface area contributed by atoms with E-state index < -0.39 is 0 Å². The predicted octanol–water partition coefficient (Wildman–Crippen LogP) is 6.98. The molecule has 0 radical (unpaired) electrons. The smallest absolute Gasteiger partial charge is 0.197 e. The van der Waals surface area contributed by atoms with Crippen molar-refractivity contribution < 1.29 is 0 Å². The lowest BCUT2D eigenvalue weighted by Gasteiger charge is -2.09. The van der Waals surface area contributed by atoms with Crippen LogP contribution in [0.3, 0.4) is 0 Å². The van der Waals surface area contributed by atoms with Gasteiger partial charge in [0.15, 0.2) is 10.6 Å². The van der Waals surface area contributed by atoms with Crippen molar-refractivity contribution in [2.24, 2.45) is 0 Å². The summed E-state index contributed by atoms with van der Waals surface area (Å²) in [6.07, 6.45) is 3.69. The van der Waals surface area contributed by atoms with Gasteiger partial charge in [-0.2, -0.15) is 0 Å². The van der Waals surface area contributed by atoms with Crippen LogP contribution in [0.2, 0.25) is 0 Å². The average molecular weight is 429 g/mol. The summed E-state index contributed by atoms with van der Waals surface area (Å²) in [5.41, 5.74) is 7.27. The second kappa shape index (κ2) is 6.70. The number of aromatic nitrogens is 4. The van der Waals surface area contributed by atoms with Crippen LogP contribution in [-0.4, -0.2) is 19.4 Å². The minimum Gasteiger partial charge on any atom is -0.267 e. The summed E-state index contributed by atoms with van der Waals surface area (Å²) in [5.74, 6) is 0. The molecule has 32 heavy (non-hydrogen) atoms. The SMILES string of the molecule is c1cncc(-c2cccc(-c3nc4c(nc5sc6ccccc6n54)c4ccccc34)c2)c1. The van der Waals surface area contributed by atoms with Crippen LogP contribution in [0.25, 0.3) is 59.5 Å². The molecule has 7 rings (SSSR count). The molecule has 0 unspecified atom stereocenters. The molecule has 0 aliphatic rings. The zero-order chi connectivity index (χ0) is 21.1. The van der Waals surface area contributed by atoms with Gasteiger partial charge in [0.2, 0.25) is 0 Å². The molecule has 4 nitrogen and oxygen atoms in total. The molecule has 0 fully saturated rings. The van der Waals surface area contributed by atoms with Gasteiger partial charge in [-0.3, -0.25) is 9.38 Å². The molecule has 0 bridgehead atoms. The van der Waals surface area contributed by atoms with Gasteiger partial charge in [0.25, 0.3) is 0 Å². The fourth-order valence-electron chi connectivity index (χ4n) is 4.45. The van der Waals surface area contributed by atoms with Gasteiger partial charge in [0.1, 0.15) is 5.52 Å². The van der Waals surface area contributed by atoms with Crippen LogP contribution in [0.1, 0.15) is 0 Å². The first-order valence-electron chi connectivity index (χ1n) is 10.5. The van der Waals surface area contributed by atoms with E-state index in [1.165, 1.54) is 4.70 Å². The van der Waals surface area contributed by atoms with Crippen molar-refractivity contribution in [2.75, 3.05) is 0 Å². The Kier molecular flexibility index (Phi) is 3.68. The molecular weight excluding hydrogens is 412 g/mol. The highest BCUT2D eigenvalue weighted by molar-refractivity contribution is 7.23. The molecule has 0 saturated carbocycles. The van der Waals surface area contributed by atoms with Crippen molar-refractivity contribution in [3.63, 3.8) is 0 Å². The maximum Gasteiger partial charge on any atom is 0.197 e. The van der Waals surface area contributed by atoms with Gasteiger partial charge in [-0.05, 0) is 29.8 Å². The van der Waals surface area contributed by atoms with Crippen LogP contribution in [-0.2, 0) is 0 Å². The van der Waals surface area contributed by atoms with Crippen LogP contribution in [0, 0.1) is 0 Å². The van der Waals surface area contributed by atoms with Gasteiger partial charge in [0, 0.05) is 34.3 Å². The highest BCUT2D eigenvalue weighted by atomic mass is 32.1. The van der Waals surface area contributed by atoms with Gasteiger partial charge in [-0.15, -0.1) is 0 Å². The van der Waals surface area contributed by atoms with Crippen LogP contribution >= 0.6 is 11.3 Å². The van der Waals surface area contributed by atoms with E-state index in [1.807, 2.05) is 12.3 Å². The first-order chi connectivity index (χ1) is 15.9. The number of para-hydroxylation sites is 1. The predicted molar refractivity (Wildman–Crippen MR) is 132 cm³/mol. The molecule has 0 aliphatic carbocycles. The number of imidazole rings is 1. The monoisotopic (exact) mass is 428 g/mol. The van der Waals surface area contributed by atoms with E-state index in [1.54, 1.807) is 17.5 Å². The summed E-state index contributed by atoms with van der Waals surface area (Å²) in [5, 5.41) is 2.23. The standard InChI is InChI=1S/C27H16N4S/c1-2-11-21-20(10-1)24(18-8-5-7-17(15-18)19-9-6-14-28-16-19)29-26-25(21)30-27-31(26)22-12-3-4-13-23(22)32-27/h1-16H. The average Bonchev–Trinajstić information content (AvgIpc) is 3.40. The Balaban J connectivity index is 1.58. The maximum atomic E-state index is 5.21. The highest BCUT2D eigenvalue weighted by Gasteiger charge is 2.18. The number of rotatable bonds is 2. The van der Waals surface area contributed by atoms with Crippen LogP contribution in [0.4, 0.5) is 0 Å². The lowest BCUT2D eigenvalue weighted by Crippen LogP contribution is -1.92. The topological polar surface area (TPSA) is 43.1 Å². The first kappa shape index (κ1) is 17.6. The number of pyridine rings is 2. The van der Waals surface area contributed by atoms with Gasteiger partial charge >= 0.3 is 0 Å². The lowest BCUT2D eigenvalue weighted by molar-refractivity contribution is 1.27. The second-order valence-electron chi connectivity index (χ2n) is 7.80. The number of benzene rings is 3. The van der Waals surface area contributed by atoms with Crippen molar-refractivity contribution >= 4 is 48.5 Å². The third kappa shape index (κ3) is 2.52. The lowest BCUT2D eigenvalue weighted by atomic mass is 9.99. The van der Waals surface area contributed by atoms with Crippen molar-refractivity contribution in [1.29, 1.82) is 0 Å². The van der Waals surface area contributed by atoms with Crippen molar-refractivity contribution in [3.05, 3.63) is 97.3 Å². The van der Waals surface area contributed by atoms with Gasteiger partial charge in [0.05, 0.1) is 15.9 Å². The Labute approximate surface area is 187 Å². The molecule has 0 amide bonds. The summed E-state index contributed by atoms with van der Waals surface area (Å²) in [7, 11) is 0. The fourth-order valence-corrected chi connectivity index (χ4v) is 5.47. The van der Waals surface area contributed by atoms with Gasteiger partial charge < -0.3 is 0 Å². The molecular formula is C27H16N4S. The maximum absolute atomic E-state index is 5.21. The summed E-state index contributed by atoms with van der Waals surface area (Å²) in [6.45, 7) is 0. The zero-order valence-electron chi connectivity index (χ0n) is 16.9. The van der Waals surface area contributed by atoms with E-state index in [9.17, 15) is 0 Å². The molecule has 0 aliphatic heterocycles. The molecule has 0 saturated heterocycles. The van der Waals surface area contributed by atoms with Crippen LogP contribution in [0.15, 0.2) is 97.3 Å². The van der Waals surface area contributed by atoms with E-state index in [4.69, 9.17) is 9.97 Å². The van der Waals surface area contributed by atoms with Crippen molar-refractivity contribution in [2.45, 2.75) is 0 Å². The number of nitrogens with zero attached hydrogens (tertiary/aromatic N) is 4. The van der Waals surface area contributed by atoms with E-state index in [2.05, 4.69) is 88.2 Å². The zero-order valence-corrected chi connectivity index (χ0v) is 17.8. The van der Waals surface area contributed by atoms with E-state index in [0.29, 0.717) is 0 Å². The quantitative estimate of drug-likeness (QED) is 0.298. The molecule has 3 aromatic carbocycles. The molecule has 5 heteroatoms. The molecule has 4 heterocycles. The molecule has 7 aromatic rings. The minimum absolute atomic E-state index is 0.901. The number of hydrogen-bond acceptors (Lipinski definition) is 4. The normalized spacial score (nSPS) is 11.8. The highest BCUT2D eigenvalue weighted by Crippen LogP contribution is 2.36. The summed E-state index contributed by atoms with van der Waals surface area (Å²) < 4.78 is 3.41. The summed E-state index contributed by atoms with van der Waals surface area (Å²) in [6, 6.07) is 29.4. The summed E-state index contributed by atoms with van der Waals surface area (Å²) >= 11 is 1.70. The van der Waals surface area contributed by atoms with Gasteiger partial charge in [-0.25, -0.2) is 9.97 Å². The van der Waals surface area contributed by atoms with Crippen molar-refractivity contribution in [3.8, 4) is 22.4 Å². The number of thiazole rings is 1. The Morgan fingerprint density at radius 1 is 0.688 bits per heavy atom. The Hall–Kier alpha value is -4.09. The first-order valence-corrected chi connectivity index (χ1v) is 11.3. The van der Waals surface area contributed by atoms with Gasteiger partial charge in [-0.1, -0.05) is 72.0 Å². The third-order valence-corrected chi connectivity index (χ3v) is 6.94. The molecule has 0 N–H and O–H groups in total. The second-order valence-corrected chi connectivity index (χ2v) is 8.81.